The van der Waals surface area contributed by atoms with E-state index < -0.39 is 10.9 Å². The van der Waals surface area contributed by atoms with Gasteiger partial charge in [-0.3, -0.25) is 4.57 Å². The first-order valence-electron chi connectivity index (χ1n) is 18.1. The van der Waals surface area contributed by atoms with Gasteiger partial charge in [-0.1, -0.05) is 93.7 Å². The van der Waals surface area contributed by atoms with E-state index in [-0.39, 0.29) is 49.5 Å². The average molecular weight is 715 g/mol. The van der Waals surface area contributed by atoms with Gasteiger partial charge in [-0.05, 0) is 102 Å². The number of benzene rings is 8. The Morgan fingerprint density at radius 2 is 0.862 bits per heavy atom. The van der Waals surface area contributed by atoms with E-state index in [1.165, 1.54) is 0 Å². The Kier molecular flexibility index (Phi) is 8.93. The van der Waals surface area contributed by atoms with E-state index in [9.17, 15) is 10.2 Å². The number of fused-ring (bicyclic) bond motifs is 5. The third-order valence-corrected chi connectivity index (χ3v) is 11.2. The van der Waals surface area contributed by atoms with E-state index in [2.05, 4.69) is 4.98 Å². The molecule has 0 fully saturated rings. The molecule has 9 rings (SSSR count). The van der Waals surface area contributed by atoms with Crippen molar-refractivity contribution in [2.45, 2.75) is 10.9 Å². The maximum absolute atomic E-state index is 11.1. The van der Waals surface area contributed by atoms with Gasteiger partial charge < -0.3 is 10.2 Å². The highest BCUT2D eigenvalue weighted by molar-refractivity contribution is 6.71. The van der Waals surface area contributed by atoms with Crippen molar-refractivity contribution in [2.24, 2.45) is 0 Å². The van der Waals surface area contributed by atoms with Gasteiger partial charge in [-0.15, -0.1) is 21.9 Å². The number of para-hydroxylation sites is 2. The molecule has 0 aliphatic carbocycles. The lowest BCUT2D eigenvalue weighted by Crippen LogP contribution is -2.50. The fourth-order valence-corrected chi connectivity index (χ4v) is 8.11. The van der Waals surface area contributed by atoms with Crippen LogP contribution in [0.1, 0.15) is 5.82 Å². The molecule has 4 nitrogen and oxygen atoms in total. The van der Waals surface area contributed by atoms with E-state index in [1.807, 2.05) is 72.8 Å². The minimum Gasteiger partial charge on any atom is -0.361 e. The smallest absolute Gasteiger partial charge is 0.206 e. The van der Waals surface area contributed by atoms with E-state index in [4.69, 9.17) is 86.3 Å². The highest BCUT2D eigenvalue weighted by atomic mass is 16.5. The number of imidazole rings is 1. The zero-order chi connectivity index (χ0) is 41.2. The molecule has 0 atom stereocenters. The quantitative estimate of drug-likeness (QED) is 0.137. The highest BCUT2D eigenvalue weighted by Gasteiger charge is 2.43. The normalized spacial score (nSPS) is 12.4. The first kappa shape index (κ1) is 38.4. The van der Waals surface area contributed by atoms with Crippen LogP contribution in [-0.4, -0.2) is 106 Å². The molecule has 0 bridgehead atoms. The summed E-state index contributed by atoms with van der Waals surface area (Å²) in [6.45, 7) is 0. The van der Waals surface area contributed by atoms with Crippen LogP contribution in [0, 0.1) is 0 Å². The van der Waals surface area contributed by atoms with Gasteiger partial charge in [0, 0.05) is 5.69 Å². The molecule has 22 radical (unpaired) electrons. The van der Waals surface area contributed by atoms with Crippen molar-refractivity contribution in [3.05, 3.63) is 109 Å². The summed E-state index contributed by atoms with van der Waals surface area (Å²) in [4.78, 5) is 4.46. The molecule has 0 saturated heterocycles. The van der Waals surface area contributed by atoms with Crippen LogP contribution in [0.5, 0.6) is 0 Å². The first-order chi connectivity index (χ1) is 27.5. The summed E-state index contributed by atoms with van der Waals surface area (Å²) in [5.41, 5.74) is 5.40. The van der Waals surface area contributed by atoms with Crippen LogP contribution < -0.4 is 43.7 Å². The van der Waals surface area contributed by atoms with Gasteiger partial charge in [0.25, 0.3) is 0 Å². The minimum atomic E-state index is -2.92. The van der Waals surface area contributed by atoms with Gasteiger partial charge >= 0.3 is 0 Å². The SMILES string of the molecule is [B]c1c([B])c([B])c2c(-c3ccc4cc(-n5c(C(O)(O)C([B])([B])[B])nc6ccccc65)ccc4c3)c3c([B])c([B])c([B])c([B])c3c(-c3ccc4ccccc4c3)c2c1[B]. The molecule has 0 amide bonds. The van der Waals surface area contributed by atoms with Crippen LogP contribution in [-0.2, 0) is 5.79 Å². The number of hydrogen-bond donors (Lipinski definition) is 2. The van der Waals surface area contributed by atoms with Gasteiger partial charge in [0.2, 0.25) is 5.79 Å². The molecule has 2 N–H and O–H groups in total. The Balaban J connectivity index is 1.36. The molecule has 0 aliphatic heterocycles. The molecule has 9 aromatic rings. The zero-order valence-corrected chi connectivity index (χ0v) is 31.0. The number of nitrogens with zero attached hydrogens (tertiary/aromatic N) is 2. The van der Waals surface area contributed by atoms with Crippen molar-refractivity contribution in [3.8, 4) is 27.9 Å². The Morgan fingerprint density at radius 3 is 1.38 bits per heavy atom. The maximum Gasteiger partial charge on any atom is 0.206 e. The fraction of sp³-hybridized carbons (Fsp3) is 0.0465. The third kappa shape index (κ3) is 5.57. The molecule has 0 saturated carbocycles. The lowest BCUT2D eigenvalue weighted by atomic mass is 9.38. The highest BCUT2D eigenvalue weighted by Crippen LogP contribution is 2.43. The monoisotopic (exact) mass is 716 g/mol. The van der Waals surface area contributed by atoms with Crippen LogP contribution in [0.15, 0.2) is 103 Å². The van der Waals surface area contributed by atoms with Gasteiger partial charge in [-0.25, -0.2) is 4.98 Å². The van der Waals surface area contributed by atoms with E-state index in [0.717, 1.165) is 27.1 Å². The van der Waals surface area contributed by atoms with Gasteiger partial charge in [0.05, 0.1) is 34.6 Å². The van der Waals surface area contributed by atoms with Crippen molar-refractivity contribution < 1.29 is 10.2 Å². The fourth-order valence-electron chi connectivity index (χ4n) is 8.11. The molecule has 0 aliphatic rings. The van der Waals surface area contributed by atoms with Crippen molar-refractivity contribution in [1.29, 1.82) is 0 Å². The number of aromatic nitrogens is 2. The van der Waals surface area contributed by atoms with E-state index >= 15 is 0 Å². The van der Waals surface area contributed by atoms with Gasteiger partial charge in [-0.2, -0.15) is 0 Å². The van der Waals surface area contributed by atoms with Crippen molar-refractivity contribution in [1.82, 2.24) is 9.55 Å². The molecule has 246 valence electrons. The van der Waals surface area contributed by atoms with Crippen LogP contribution in [0.2, 0.25) is 5.11 Å². The predicted octanol–water partition coefficient (Wildman–Crippen LogP) is -0.961. The van der Waals surface area contributed by atoms with Crippen LogP contribution in [0.25, 0.3) is 82.1 Å². The summed E-state index contributed by atoms with van der Waals surface area (Å²) < 4.78 is 1.55. The third-order valence-electron chi connectivity index (χ3n) is 11.2. The van der Waals surface area contributed by atoms with E-state index in [1.54, 1.807) is 34.9 Å². The molecule has 0 spiro atoms. The summed E-state index contributed by atoms with van der Waals surface area (Å²) in [5.74, 6) is -3.19. The Bertz CT molecular complexity index is 3170. The largest absolute Gasteiger partial charge is 0.361 e. The maximum atomic E-state index is 11.1. The molecular weight excluding hydrogens is 695 g/mol. The zero-order valence-electron chi connectivity index (χ0n) is 31.0. The minimum absolute atomic E-state index is 0.110. The lowest BCUT2D eigenvalue weighted by Gasteiger charge is -2.36. The molecule has 15 heteroatoms. The molecular formula is C43H19B11N2O2. The van der Waals surface area contributed by atoms with Gasteiger partial charge in [0.15, 0.2) is 5.82 Å². The molecule has 1 heterocycles. The average Bonchev–Trinajstić information content (AvgIpc) is 3.62. The number of rotatable bonds is 5. The molecule has 58 heavy (non-hydrogen) atoms. The second kappa shape index (κ2) is 13.5. The molecule has 8 aromatic carbocycles. The summed E-state index contributed by atoms with van der Waals surface area (Å²) >= 11 is 0. The van der Waals surface area contributed by atoms with E-state index in [0.29, 0.717) is 55.0 Å². The second-order valence-electron chi connectivity index (χ2n) is 14.7. The molecule has 1 aromatic heterocycles. The summed E-state index contributed by atoms with van der Waals surface area (Å²) in [6, 6.07) is 32.3. The molecule has 0 unspecified atom stereocenters. The standard InChI is InChI=1S/C43H19B11N2O2/c44-33-29-27(22-11-9-18-5-1-2-6-19(18)15-22)30-32(36(47)40(51)38(49)34(30)45)28(31(29)35(46)39(50)37(33)48)23-12-10-21-17-24(14-13-20(21)16-23)56-26-8-4-3-7-25(26)55-41(56)42(57,58)43(52,53)54/h1-17,57-58H. The lowest BCUT2D eigenvalue weighted by molar-refractivity contribution is -0.175. The first-order valence-corrected chi connectivity index (χ1v) is 18.1. The second-order valence-corrected chi connectivity index (χ2v) is 14.7. The van der Waals surface area contributed by atoms with Crippen molar-refractivity contribution in [3.63, 3.8) is 0 Å². The topological polar surface area (TPSA) is 58.3 Å². The van der Waals surface area contributed by atoms with Crippen LogP contribution in [0.4, 0.5) is 0 Å². The van der Waals surface area contributed by atoms with Gasteiger partial charge in [0.1, 0.15) is 62.8 Å². The number of aliphatic hydroxyl groups is 2. The van der Waals surface area contributed by atoms with Crippen molar-refractivity contribution >= 4 is 184 Å². The Labute approximate surface area is 350 Å². The summed E-state index contributed by atoms with van der Waals surface area (Å²) in [7, 11) is 71.6. The summed E-state index contributed by atoms with van der Waals surface area (Å²) in [6.07, 6.45) is 0. The number of hydrogen-bond acceptors (Lipinski definition) is 3. The Morgan fingerprint density at radius 1 is 0.448 bits per heavy atom. The van der Waals surface area contributed by atoms with Crippen LogP contribution in [0.3, 0.4) is 0 Å². The van der Waals surface area contributed by atoms with Crippen molar-refractivity contribution in [2.75, 3.05) is 0 Å². The van der Waals surface area contributed by atoms with Crippen LogP contribution >= 0.6 is 0 Å². The summed E-state index contributed by atoms with van der Waals surface area (Å²) in [5, 5.41) is 25.4. The predicted molar refractivity (Wildman–Crippen MR) is 251 cm³/mol. The Hall–Kier alpha value is -5.10.